The summed E-state index contributed by atoms with van der Waals surface area (Å²) < 4.78 is 4.59. The SMILES string of the molecule is CC(C)N(CCC(=O)N1CCN(C(c2ccccc2)c2ccccc2)CC1)c1nc(Cc2ccccc2)ns1. The molecule has 39 heavy (non-hydrogen) atoms. The average Bonchev–Trinajstić information content (AvgIpc) is 3.43. The van der Waals surface area contributed by atoms with Crippen molar-refractivity contribution in [1.82, 2.24) is 19.2 Å². The molecule has 4 aromatic rings. The van der Waals surface area contributed by atoms with Gasteiger partial charge in [-0.05, 0) is 30.5 Å². The number of aromatic nitrogens is 2. The summed E-state index contributed by atoms with van der Waals surface area (Å²) in [5, 5.41) is 0.891. The van der Waals surface area contributed by atoms with Crippen LogP contribution in [0.4, 0.5) is 5.13 Å². The van der Waals surface area contributed by atoms with Gasteiger partial charge in [0.2, 0.25) is 11.0 Å². The summed E-state index contributed by atoms with van der Waals surface area (Å²) in [6.45, 7) is 8.14. The highest BCUT2D eigenvalue weighted by molar-refractivity contribution is 7.09. The average molecular weight is 540 g/mol. The molecule has 1 aliphatic rings. The van der Waals surface area contributed by atoms with Gasteiger partial charge in [0.25, 0.3) is 0 Å². The van der Waals surface area contributed by atoms with Gasteiger partial charge in [0.1, 0.15) is 5.82 Å². The maximum atomic E-state index is 13.3. The predicted molar refractivity (Wildman–Crippen MR) is 159 cm³/mol. The van der Waals surface area contributed by atoms with E-state index in [2.05, 4.69) is 101 Å². The van der Waals surface area contributed by atoms with Crippen molar-refractivity contribution in [3.05, 3.63) is 114 Å². The minimum Gasteiger partial charge on any atom is -0.344 e. The smallest absolute Gasteiger partial charge is 0.224 e. The summed E-state index contributed by atoms with van der Waals surface area (Å²) in [5.41, 5.74) is 3.79. The van der Waals surface area contributed by atoms with Crippen LogP contribution in [0.2, 0.25) is 0 Å². The summed E-state index contributed by atoms with van der Waals surface area (Å²) in [5.74, 6) is 1.05. The summed E-state index contributed by atoms with van der Waals surface area (Å²) in [6.07, 6.45) is 1.20. The van der Waals surface area contributed by atoms with E-state index in [1.54, 1.807) is 0 Å². The lowest BCUT2D eigenvalue weighted by atomic mass is 9.96. The lowest BCUT2D eigenvalue weighted by molar-refractivity contribution is -0.133. The fourth-order valence-electron chi connectivity index (χ4n) is 5.27. The van der Waals surface area contributed by atoms with Gasteiger partial charge in [0.15, 0.2) is 0 Å². The molecule has 1 fully saturated rings. The highest BCUT2D eigenvalue weighted by Crippen LogP contribution is 2.29. The molecule has 0 atom stereocenters. The van der Waals surface area contributed by atoms with Crippen LogP contribution in [-0.2, 0) is 11.2 Å². The van der Waals surface area contributed by atoms with Crippen LogP contribution in [0, 0.1) is 0 Å². The van der Waals surface area contributed by atoms with Gasteiger partial charge in [-0.2, -0.15) is 4.37 Å². The first-order valence-electron chi connectivity index (χ1n) is 13.8. The van der Waals surface area contributed by atoms with Crippen LogP contribution in [0.1, 0.15) is 48.8 Å². The van der Waals surface area contributed by atoms with Crippen molar-refractivity contribution in [2.45, 2.75) is 38.8 Å². The lowest BCUT2D eigenvalue weighted by Crippen LogP contribution is -2.50. The van der Waals surface area contributed by atoms with Crippen LogP contribution in [0.15, 0.2) is 91.0 Å². The van der Waals surface area contributed by atoms with Crippen molar-refractivity contribution in [1.29, 1.82) is 0 Å². The van der Waals surface area contributed by atoms with Crippen molar-refractivity contribution < 1.29 is 4.79 Å². The van der Waals surface area contributed by atoms with E-state index in [1.165, 1.54) is 28.2 Å². The van der Waals surface area contributed by atoms with Crippen molar-refractivity contribution >= 4 is 22.6 Å². The molecule has 0 saturated carbocycles. The van der Waals surface area contributed by atoms with E-state index in [1.807, 2.05) is 23.1 Å². The first kappa shape index (κ1) is 27.0. The van der Waals surface area contributed by atoms with Crippen LogP contribution in [0.3, 0.4) is 0 Å². The zero-order valence-corrected chi connectivity index (χ0v) is 23.6. The van der Waals surface area contributed by atoms with Crippen molar-refractivity contribution in [2.24, 2.45) is 0 Å². The number of carbonyl (C=O) groups is 1. The lowest BCUT2D eigenvalue weighted by Gasteiger charge is -2.40. The first-order chi connectivity index (χ1) is 19.1. The number of nitrogens with zero attached hydrogens (tertiary/aromatic N) is 5. The normalized spacial score (nSPS) is 14.2. The van der Waals surface area contributed by atoms with Gasteiger partial charge in [-0.15, -0.1) is 0 Å². The second-order valence-corrected chi connectivity index (χ2v) is 11.1. The molecule has 0 bridgehead atoms. The number of piperazine rings is 1. The number of anilines is 1. The summed E-state index contributed by atoms with van der Waals surface area (Å²) in [4.78, 5) is 24.8. The maximum absolute atomic E-state index is 13.3. The number of amides is 1. The Kier molecular flexibility index (Phi) is 9.01. The number of hydrogen-bond acceptors (Lipinski definition) is 6. The summed E-state index contributed by atoms with van der Waals surface area (Å²) in [6, 6.07) is 32.1. The Morgan fingerprint density at radius 1 is 0.846 bits per heavy atom. The predicted octanol–water partition coefficient (Wildman–Crippen LogP) is 5.67. The Morgan fingerprint density at radius 3 is 1.97 bits per heavy atom. The molecule has 5 rings (SSSR count). The minimum absolute atomic E-state index is 0.198. The molecule has 202 valence electrons. The molecule has 0 radical (unpaired) electrons. The van der Waals surface area contributed by atoms with Crippen molar-refractivity contribution in [2.75, 3.05) is 37.6 Å². The number of rotatable bonds is 10. The summed E-state index contributed by atoms with van der Waals surface area (Å²) >= 11 is 1.43. The van der Waals surface area contributed by atoms with Gasteiger partial charge in [0, 0.05) is 63.1 Å². The molecule has 1 aromatic heterocycles. The molecule has 6 nitrogen and oxygen atoms in total. The number of hydrogen-bond donors (Lipinski definition) is 0. The topological polar surface area (TPSA) is 52.6 Å². The Bertz CT molecular complexity index is 1260. The van der Waals surface area contributed by atoms with Gasteiger partial charge in [-0.3, -0.25) is 9.69 Å². The van der Waals surface area contributed by atoms with E-state index in [0.717, 1.165) is 43.6 Å². The van der Waals surface area contributed by atoms with Crippen molar-refractivity contribution in [3.8, 4) is 0 Å². The van der Waals surface area contributed by atoms with Crippen LogP contribution in [0.25, 0.3) is 0 Å². The molecule has 7 heteroatoms. The molecule has 1 aliphatic heterocycles. The monoisotopic (exact) mass is 539 g/mol. The van der Waals surface area contributed by atoms with Gasteiger partial charge < -0.3 is 9.80 Å². The van der Waals surface area contributed by atoms with Crippen molar-refractivity contribution in [3.63, 3.8) is 0 Å². The molecule has 1 saturated heterocycles. The fourth-order valence-corrected chi connectivity index (χ4v) is 6.12. The molecule has 3 aromatic carbocycles. The Hall–Kier alpha value is -3.55. The van der Waals surface area contributed by atoms with E-state index < -0.39 is 0 Å². The minimum atomic E-state index is 0.198. The molecular formula is C32H37N5OS. The molecule has 0 N–H and O–H groups in total. The third kappa shape index (κ3) is 6.91. The van der Waals surface area contributed by atoms with E-state index in [-0.39, 0.29) is 18.0 Å². The molecule has 2 heterocycles. The van der Waals surface area contributed by atoms with Gasteiger partial charge in [-0.25, -0.2) is 4.98 Å². The van der Waals surface area contributed by atoms with Crippen LogP contribution < -0.4 is 4.90 Å². The van der Waals surface area contributed by atoms with Crippen LogP contribution in [0.5, 0.6) is 0 Å². The molecule has 0 unspecified atom stereocenters. The Labute approximate surface area is 236 Å². The highest BCUT2D eigenvalue weighted by Gasteiger charge is 2.28. The van der Waals surface area contributed by atoms with Gasteiger partial charge in [-0.1, -0.05) is 91.0 Å². The zero-order valence-electron chi connectivity index (χ0n) is 22.8. The molecule has 1 amide bonds. The highest BCUT2D eigenvalue weighted by atomic mass is 32.1. The molecule has 0 aliphatic carbocycles. The van der Waals surface area contributed by atoms with E-state index in [9.17, 15) is 4.79 Å². The quantitative estimate of drug-likeness (QED) is 0.260. The largest absolute Gasteiger partial charge is 0.344 e. The summed E-state index contributed by atoms with van der Waals surface area (Å²) in [7, 11) is 0. The van der Waals surface area contributed by atoms with Gasteiger partial charge >= 0.3 is 0 Å². The maximum Gasteiger partial charge on any atom is 0.224 e. The van der Waals surface area contributed by atoms with Crippen LogP contribution >= 0.6 is 11.5 Å². The molecular weight excluding hydrogens is 502 g/mol. The second-order valence-electron chi connectivity index (χ2n) is 10.3. The zero-order chi connectivity index (χ0) is 27.0. The first-order valence-corrected chi connectivity index (χ1v) is 14.6. The van der Waals surface area contributed by atoms with E-state index >= 15 is 0 Å². The number of carbonyl (C=O) groups excluding carboxylic acids is 1. The standard InChI is InChI=1S/C32H37N5OS/c1-25(2)37(32-33-29(34-39-32)24-26-12-6-3-7-13-26)19-18-30(38)35-20-22-36(23-21-35)31(27-14-8-4-9-15-27)28-16-10-5-11-17-28/h3-17,25,31H,18-24H2,1-2H3. The van der Waals surface area contributed by atoms with Gasteiger partial charge in [0.05, 0.1) is 6.04 Å². The molecule has 0 spiro atoms. The number of benzene rings is 3. The third-order valence-electron chi connectivity index (χ3n) is 7.36. The van der Waals surface area contributed by atoms with E-state index in [4.69, 9.17) is 4.98 Å². The Balaban J connectivity index is 1.18. The Morgan fingerprint density at radius 2 is 1.41 bits per heavy atom. The fraction of sp³-hybridized carbons (Fsp3) is 0.344. The van der Waals surface area contributed by atoms with E-state index in [0.29, 0.717) is 13.0 Å². The third-order valence-corrected chi connectivity index (χ3v) is 8.15. The second kappa shape index (κ2) is 13.0. The van der Waals surface area contributed by atoms with Crippen LogP contribution in [-0.4, -0.2) is 63.8 Å².